The van der Waals surface area contributed by atoms with Crippen LogP contribution in [0.3, 0.4) is 0 Å². The summed E-state index contributed by atoms with van der Waals surface area (Å²) in [7, 11) is 3.29. The molecule has 7 heteroatoms. The van der Waals surface area contributed by atoms with Crippen molar-refractivity contribution in [3.8, 4) is 5.75 Å². The summed E-state index contributed by atoms with van der Waals surface area (Å²) in [6.45, 7) is 4.56. The quantitative estimate of drug-likeness (QED) is 0.750. The Kier molecular flexibility index (Phi) is 6.49. The molecule has 0 saturated carbocycles. The van der Waals surface area contributed by atoms with Crippen LogP contribution in [0.5, 0.6) is 5.75 Å². The molecule has 144 valence electrons. The fourth-order valence-corrected chi connectivity index (χ4v) is 3.11. The zero-order valence-corrected chi connectivity index (χ0v) is 15.9. The summed E-state index contributed by atoms with van der Waals surface area (Å²) in [5.74, 6) is 0.738. The fraction of sp³-hybridized carbons (Fsp3) is 0.400. The third-order valence-electron chi connectivity index (χ3n) is 4.66. The summed E-state index contributed by atoms with van der Waals surface area (Å²) in [5, 5.41) is 2.83. The topological polar surface area (TPSA) is 66.9 Å². The van der Waals surface area contributed by atoms with E-state index in [4.69, 9.17) is 9.47 Å². The summed E-state index contributed by atoms with van der Waals surface area (Å²) >= 11 is 0. The lowest BCUT2D eigenvalue weighted by atomic mass is 10.2. The lowest BCUT2D eigenvalue weighted by Crippen LogP contribution is -2.46. The number of nitrogens with one attached hydrogen (secondary N) is 1. The second kappa shape index (κ2) is 9.23. The summed E-state index contributed by atoms with van der Waals surface area (Å²) in [6, 6.07) is 10.0. The van der Waals surface area contributed by atoms with E-state index in [9.17, 15) is 4.79 Å². The van der Waals surface area contributed by atoms with Gasteiger partial charge in [0.15, 0.2) is 0 Å². The maximum absolute atomic E-state index is 12.2. The third-order valence-corrected chi connectivity index (χ3v) is 4.66. The maximum atomic E-state index is 12.2. The Bertz CT molecular complexity index is 743. The van der Waals surface area contributed by atoms with Crippen molar-refractivity contribution in [3.05, 3.63) is 48.3 Å². The molecule has 0 aliphatic carbocycles. The maximum Gasteiger partial charge on any atom is 0.253 e. The number of anilines is 2. The highest BCUT2D eigenvalue weighted by atomic mass is 16.5. The third kappa shape index (κ3) is 4.89. The van der Waals surface area contributed by atoms with Gasteiger partial charge < -0.3 is 24.6 Å². The molecule has 2 heterocycles. The van der Waals surface area contributed by atoms with Crippen LogP contribution < -0.4 is 19.9 Å². The van der Waals surface area contributed by atoms with Gasteiger partial charge in [0, 0.05) is 51.7 Å². The van der Waals surface area contributed by atoms with Crippen molar-refractivity contribution in [2.45, 2.75) is 0 Å². The molecule has 1 amide bonds. The SMILES string of the molecule is COCCNC(=O)c1cncc(N2CCN(c3ccc(OC)cc3)CC2)c1. The molecule has 3 rings (SSSR count). The molecular formula is C20H26N4O3. The van der Waals surface area contributed by atoms with Crippen molar-refractivity contribution in [1.82, 2.24) is 10.3 Å². The molecule has 1 fully saturated rings. The first-order valence-electron chi connectivity index (χ1n) is 9.07. The molecule has 0 bridgehead atoms. The van der Waals surface area contributed by atoms with Gasteiger partial charge in [0.05, 0.1) is 31.2 Å². The van der Waals surface area contributed by atoms with E-state index in [0.717, 1.165) is 37.6 Å². The number of hydrogen-bond acceptors (Lipinski definition) is 6. The molecule has 27 heavy (non-hydrogen) atoms. The van der Waals surface area contributed by atoms with Crippen molar-refractivity contribution in [3.63, 3.8) is 0 Å². The number of methoxy groups -OCH3 is 2. The summed E-state index contributed by atoms with van der Waals surface area (Å²) in [4.78, 5) is 21.1. The molecule has 7 nitrogen and oxygen atoms in total. The number of piperazine rings is 1. The van der Waals surface area contributed by atoms with E-state index in [1.165, 1.54) is 5.69 Å². The van der Waals surface area contributed by atoms with Crippen LogP contribution >= 0.6 is 0 Å². The number of carbonyl (C=O) groups excluding carboxylic acids is 1. The Balaban J connectivity index is 1.58. The van der Waals surface area contributed by atoms with Crippen molar-refractivity contribution in [2.75, 3.05) is 63.4 Å². The van der Waals surface area contributed by atoms with E-state index in [1.54, 1.807) is 20.4 Å². The molecule has 1 saturated heterocycles. The fourth-order valence-electron chi connectivity index (χ4n) is 3.11. The molecule has 0 unspecified atom stereocenters. The number of carbonyl (C=O) groups is 1. The van der Waals surface area contributed by atoms with Crippen molar-refractivity contribution < 1.29 is 14.3 Å². The van der Waals surface area contributed by atoms with E-state index in [1.807, 2.05) is 24.4 Å². The highest BCUT2D eigenvalue weighted by Crippen LogP contribution is 2.23. The molecule has 1 N–H and O–H groups in total. The number of rotatable bonds is 7. The smallest absolute Gasteiger partial charge is 0.253 e. The highest BCUT2D eigenvalue weighted by molar-refractivity contribution is 5.94. The number of pyridine rings is 1. The Morgan fingerprint density at radius 2 is 1.70 bits per heavy atom. The molecule has 0 atom stereocenters. The van der Waals surface area contributed by atoms with Gasteiger partial charge in [-0.05, 0) is 30.3 Å². The van der Waals surface area contributed by atoms with Crippen molar-refractivity contribution >= 4 is 17.3 Å². The lowest BCUT2D eigenvalue weighted by Gasteiger charge is -2.37. The largest absolute Gasteiger partial charge is 0.497 e. The number of aromatic nitrogens is 1. The summed E-state index contributed by atoms with van der Waals surface area (Å²) < 4.78 is 10.2. The molecule has 1 aromatic heterocycles. The van der Waals surface area contributed by atoms with Gasteiger partial charge in [-0.2, -0.15) is 0 Å². The number of nitrogens with zero attached hydrogens (tertiary/aromatic N) is 3. The van der Waals surface area contributed by atoms with Crippen LogP contribution in [-0.4, -0.2) is 64.4 Å². The second-order valence-electron chi connectivity index (χ2n) is 6.35. The number of ether oxygens (including phenoxy) is 2. The van der Waals surface area contributed by atoms with Crippen LogP contribution in [0.1, 0.15) is 10.4 Å². The molecule has 1 aromatic carbocycles. The molecule has 0 radical (unpaired) electrons. The molecule has 2 aromatic rings. The Labute approximate surface area is 159 Å². The first-order valence-corrected chi connectivity index (χ1v) is 9.07. The number of amides is 1. The standard InChI is InChI=1S/C20H26N4O3/c1-26-12-7-22-20(25)16-13-18(15-21-14-16)24-10-8-23(9-11-24)17-3-5-19(27-2)6-4-17/h3-6,13-15H,7-12H2,1-2H3,(H,22,25). The van der Waals surface area contributed by atoms with E-state index in [-0.39, 0.29) is 5.91 Å². The monoisotopic (exact) mass is 370 g/mol. The van der Waals surface area contributed by atoms with E-state index in [0.29, 0.717) is 18.7 Å². The Morgan fingerprint density at radius 3 is 2.33 bits per heavy atom. The van der Waals surface area contributed by atoms with Crippen LogP contribution in [-0.2, 0) is 4.74 Å². The number of hydrogen-bond donors (Lipinski definition) is 1. The van der Waals surface area contributed by atoms with Crippen molar-refractivity contribution in [1.29, 1.82) is 0 Å². The van der Waals surface area contributed by atoms with E-state index >= 15 is 0 Å². The van der Waals surface area contributed by atoms with E-state index in [2.05, 4.69) is 32.2 Å². The number of benzene rings is 1. The van der Waals surface area contributed by atoms with Gasteiger partial charge >= 0.3 is 0 Å². The lowest BCUT2D eigenvalue weighted by molar-refractivity contribution is 0.0936. The van der Waals surface area contributed by atoms with Gasteiger partial charge in [0.25, 0.3) is 5.91 Å². The van der Waals surface area contributed by atoms with Crippen LogP contribution in [0.2, 0.25) is 0 Å². The molecule has 0 spiro atoms. The normalized spacial score (nSPS) is 14.1. The van der Waals surface area contributed by atoms with Crippen LogP contribution in [0, 0.1) is 0 Å². The minimum absolute atomic E-state index is 0.127. The first-order chi connectivity index (χ1) is 13.2. The van der Waals surface area contributed by atoms with Gasteiger partial charge in [0.1, 0.15) is 5.75 Å². The van der Waals surface area contributed by atoms with Gasteiger partial charge in [0.2, 0.25) is 0 Å². The van der Waals surface area contributed by atoms with Gasteiger partial charge in [-0.3, -0.25) is 9.78 Å². The summed E-state index contributed by atoms with van der Waals surface area (Å²) in [5.41, 5.74) is 2.74. The predicted molar refractivity (Wildman–Crippen MR) is 106 cm³/mol. The molecule has 1 aliphatic rings. The minimum atomic E-state index is -0.127. The van der Waals surface area contributed by atoms with Crippen LogP contribution in [0.15, 0.2) is 42.7 Å². The second-order valence-corrected chi connectivity index (χ2v) is 6.35. The van der Waals surface area contributed by atoms with Gasteiger partial charge in [-0.1, -0.05) is 0 Å². The van der Waals surface area contributed by atoms with Crippen molar-refractivity contribution in [2.24, 2.45) is 0 Å². The first kappa shape index (κ1) is 19.0. The minimum Gasteiger partial charge on any atom is -0.497 e. The van der Waals surface area contributed by atoms with Crippen LogP contribution in [0.25, 0.3) is 0 Å². The van der Waals surface area contributed by atoms with Gasteiger partial charge in [-0.15, -0.1) is 0 Å². The molecule has 1 aliphatic heterocycles. The average molecular weight is 370 g/mol. The zero-order valence-electron chi connectivity index (χ0n) is 15.9. The molecular weight excluding hydrogens is 344 g/mol. The van der Waals surface area contributed by atoms with Gasteiger partial charge in [-0.25, -0.2) is 0 Å². The Morgan fingerprint density at radius 1 is 1.04 bits per heavy atom. The predicted octanol–water partition coefficient (Wildman–Crippen LogP) is 1.79. The average Bonchev–Trinajstić information content (AvgIpc) is 2.74. The Hall–Kier alpha value is -2.80. The highest BCUT2D eigenvalue weighted by Gasteiger charge is 2.19. The summed E-state index contributed by atoms with van der Waals surface area (Å²) in [6.07, 6.45) is 3.41. The zero-order chi connectivity index (χ0) is 19.1. The van der Waals surface area contributed by atoms with E-state index < -0.39 is 0 Å². The van der Waals surface area contributed by atoms with Crippen LogP contribution in [0.4, 0.5) is 11.4 Å².